The Hall–Kier alpha value is 0.137. The fourth-order valence-electron chi connectivity index (χ4n) is 0.883. The fourth-order valence-corrected chi connectivity index (χ4v) is 1.35. The third-order valence-electron chi connectivity index (χ3n) is 1.56. The lowest BCUT2D eigenvalue weighted by Crippen LogP contribution is -2.21. The summed E-state index contributed by atoms with van der Waals surface area (Å²) in [6.45, 7) is 10.3. The van der Waals surface area contributed by atoms with E-state index in [0.717, 1.165) is 29.5 Å². The van der Waals surface area contributed by atoms with Crippen LogP contribution in [-0.2, 0) is 9.47 Å². The van der Waals surface area contributed by atoms with Crippen LogP contribution in [0.2, 0.25) is 6.04 Å². The topological polar surface area (TPSA) is 18.5 Å². The molecule has 0 fully saturated rings. The van der Waals surface area contributed by atoms with E-state index < -0.39 is 0 Å². The summed E-state index contributed by atoms with van der Waals surface area (Å²) in [5.41, 5.74) is 0. The molecule has 80 valence electrons. The van der Waals surface area contributed by atoms with Crippen LogP contribution >= 0.6 is 0 Å². The predicted octanol–water partition coefficient (Wildman–Crippen LogP) is 1.44. The molecule has 0 heterocycles. The third-order valence-corrected chi connectivity index (χ3v) is 2.23. The minimum atomic E-state index is 0.0523. The molecule has 0 unspecified atom stereocenters. The molecule has 2 nitrogen and oxygen atoms in total. The minimum absolute atomic E-state index is 0.0523. The standard InChI is InChI=1S/C10H24O2Si/c1-8(2)5-11-10(7-13)12-6-9(3)4/h8-10H,5-7H2,1-4,13H3. The Morgan fingerprint density at radius 1 is 0.923 bits per heavy atom. The molecule has 0 radical (unpaired) electrons. The Balaban J connectivity index is 3.51. The quantitative estimate of drug-likeness (QED) is 0.461. The first-order valence-electron chi connectivity index (χ1n) is 5.29. The highest BCUT2D eigenvalue weighted by atomic mass is 28.1. The molecule has 0 aromatic carbocycles. The summed E-state index contributed by atoms with van der Waals surface area (Å²) in [6, 6.07) is 1.07. The minimum Gasteiger partial charge on any atom is -0.353 e. The second-order valence-electron chi connectivity index (χ2n) is 4.29. The maximum Gasteiger partial charge on any atom is 0.154 e. The molecule has 0 saturated carbocycles. The van der Waals surface area contributed by atoms with E-state index in [-0.39, 0.29) is 6.29 Å². The maximum atomic E-state index is 5.62. The van der Waals surface area contributed by atoms with E-state index in [1.807, 2.05) is 0 Å². The summed E-state index contributed by atoms with van der Waals surface area (Å²) in [5.74, 6) is 1.19. The molecular weight excluding hydrogens is 180 g/mol. The van der Waals surface area contributed by atoms with Crippen molar-refractivity contribution in [2.45, 2.75) is 40.0 Å². The van der Waals surface area contributed by atoms with Crippen LogP contribution in [0.5, 0.6) is 0 Å². The van der Waals surface area contributed by atoms with Gasteiger partial charge in [0, 0.05) is 10.2 Å². The molecule has 0 aromatic rings. The van der Waals surface area contributed by atoms with E-state index in [9.17, 15) is 0 Å². The molecule has 13 heavy (non-hydrogen) atoms. The number of ether oxygens (including phenoxy) is 2. The predicted molar refractivity (Wildman–Crippen MR) is 60.1 cm³/mol. The van der Waals surface area contributed by atoms with Crippen LogP contribution < -0.4 is 0 Å². The summed E-state index contributed by atoms with van der Waals surface area (Å²) in [4.78, 5) is 0. The first-order valence-corrected chi connectivity index (χ1v) is 6.70. The van der Waals surface area contributed by atoms with Crippen molar-refractivity contribution in [1.82, 2.24) is 0 Å². The highest BCUT2D eigenvalue weighted by molar-refractivity contribution is 6.08. The highest BCUT2D eigenvalue weighted by Crippen LogP contribution is 2.05. The molecule has 0 rings (SSSR count). The zero-order chi connectivity index (χ0) is 10.3. The lowest BCUT2D eigenvalue weighted by molar-refractivity contribution is -0.141. The van der Waals surface area contributed by atoms with Crippen molar-refractivity contribution in [3.63, 3.8) is 0 Å². The summed E-state index contributed by atoms with van der Waals surface area (Å²) < 4.78 is 11.2. The highest BCUT2D eigenvalue weighted by Gasteiger charge is 2.08. The van der Waals surface area contributed by atoms with Gasteiger partial charge in [-0.15, -0.1) is 0 Å². The van der Waals surface area contributed by atoms with E-state index in [2.05, 4.69) is 27.7 Å². The Labute approximate surface area is 85.4 Å². The van der Waals surface area contributed by atoms with E-state index in [4.69, 9.17) is 9.47 Å². The maximum absolute atomic E-state index is 5.62. The van der Waals surface area contributed by atoms with Gasteiger partial charge in [0.1, 0.15) is 0 Å². The van der Waals surface area contributed by atoms with Gasteiger partial charge in [-0.1, -0.05) is 27.7 Å². The molecule has 0 bridgehead atoms. The zero-order valence-corrected chi connectivity index (χ0v) is 11.7. The molecular formula is C10H24O2Si. The van der Waals surface area contributed by atoms with Crippen molar-refractivity contribution < 1.29 is 9.47 Å². The summed E-state index contributed by atoms with van der Waals surface area (Å²) in [6.07, 6.45) is 0.0523. The van der Waals surface area contributed by atoms with Crippen LogP contribution in [0.3, 0.4) is 0 Å². The summed E-state index contributed by atoms with van der Waals surface area (Å²) in [7, 11) is 1.14. The molecule has 0 aliphatic heterocycles. The number of rotatable bonds is 7. The van der Waals surface area contributed by atoms with Gasteiger partial charge in [0.25, 0.3) is 0 Å². The second-order valence-corrected chi connectivity index (χ2v) is 5.11. The van der Waals surface area contributed by atoms with Gasteiger partial charge in [0.05, 0.1) is 13.2 Å². The lowest BCUT2D eigenvalue weighted by atomic mass is 10.2. The number of hydrogen-bond acceptors (Lipinski definition) is 2. The summed E-state index contributed by atoms with van der Waals surface area (Å²) >= 11 is 0. The van der Waals surface area contributed by atoms with Gasteiger partial charge < -0.3 is 9.47 Å². The van der Waals surface area contributed by atoms with Crippen LogP contribution in [-0.4, -0.2) is 29.7 Å². The van der Waals surface area contributed by atoms with Gasteiger partial charge in [-0.2, -0.15) is 0 Å². The first kappa shape index (κ1) is 13.1. The molecule has 0 N–H and O–H groups in total. The fraction of sp³-hybridized carbons (Fsp3) is 1.00. The van der Waals surface area contributed by atoms with Gasteiger partial charge in [-0.05, 0) is 17.9 Å². The van der Waals surface area contributed by atoms with Crippen molar-refractivity contribution in [3.05, 3.63) is 0 Å². The Morgan fingerprint density at radius 3 is 1.54 bits per heavy atom. The molecule has 0 amide bonds. The first-order chi connectivity index (χ1) is 6.06. The van der Waals surface area contributed by atoms with Gasteiger partial charge in [0.15, 0.2) is 6.29 Å². The molecule has 3 heteroatoms. The van der Waals surface area contributed by atoms with E-state index in [0.29, 0.717) is 11.8 Å². The van der Waals surface area contributed by atoms with Gasteiger partial charge in [-0.25, -0.2) is 0 Å². The van der Waals surface area contributed by atoms with Gasteiger partial charge in [-0.3, -0.25) is 0 Å². The Bertz CT molecular complexity index is 103. The Morgan fingerprint density at radius 2 is 1.31 bits per heavy atom. The van der Waals surface area contributed by atoms with E-state index in [1.165, 1.54) is 0 Å². The van der Waals surface area contributed by atoms with Crippen molar-refractivity contribution >= 4 is 10.2 Å². The lowest BCUT2D eigenvalue weighted by Gasteiger charge is -2.19. The smallest absolute Gasteiger partial charge is 0.154 e. The second kappa shape index (κ2) is 7.53. The molecule has 0 saturated heterocycles. The monoisotopic (exact) mass is 204 g/mol. The normalized spacial score (nSPS) is 12.2. The van der Waals surface area contributed by atoms with Crippen LogP contribution in [0.1, 0.15) is 27.7 Å². The van der Waals surface area contributed by atoms with Crippen molar-refractivity contribution in [1.29, 1.82) is 0 Å². The molecule has 0 spiro atoms. The van der Waals surface area contributed by atoms with E-state index in [1.54, 1.807) is 0 Å². The Kier molecular flexibility index (Phi) is 7.61. The van der Waals surface area contributed by atoms with Crippen molar-refractivity contribution in [2.75, 3.05) is 13.2 Å². The summed E-state index contributed by atoms with van der Waals surface area (Å²) in [5, 5.41) is 0. The average molecular weight is 204 g/mol. The molecule has 0 aromatic heterocycles. The molecule has 0 aliphatic rings. The largest absolute Gasteiger partial charge is 0.353 e. The van der Waals surface area contributed by atoms with Crippen LogP contribution in [0.25, 0.3) is 0 Å². The molecule has 0 atom stereocenters. The zero-order valence-electron chi connectivity index (χ0n) is 9.67. The van der Waals surface area contributed by atoms with E-state index >= 15 is 0 Å². The average Bonchev–Trinajstić information content (AvgIpc) is 2.04. The third kappa shape index (κ3) is 8.47. The van der Waals surface area contributed by atoms with Crippen LogP contribution in [0.15, 0.2) is 0 Å². The molecule has 0 aliphatic carbocycles. The van der Waals surface area contributed by atoms with Crippen LogP contribution in [0.4, 0.5) is 0 Å². The van der Waals surface area contributed by atoms with Crippen molar-refractivity contribution in [2.24, 2.45) is 11.8 Å². The van der Waals surface area contributed by atoms with Gasteiger partial charge in [0.2, 0.25) is 0 Å². The number of hydrogen-bond donors (Lipinski definition) is 0. The van der Waals surface area contributed by atoms with Crippen molar-refractivity contribution in [3.8, 4) is 0 Å². The van der Waals surface area contributed by atoms with Crippen LogP contribution in [0, 0.1) is 11.8 Å². The van der Waals surface area contributed by atoms with Gasteiger partial charge >= 0.3 is 0 Å². The SMILES string of the molecule is CC(C)COC(C[SiH3])OCC(C)C.